The third-order valence-electron chi connectivity index (χ3n) is 1.78. The van der Waals surface area contributed by atoms with Gasteiger partial charge in [-0.1, -0.05) is 6.08 Å². The number of rotatable bonds is 2. The van der Waals surface area contributed by atoms with E-state index in [9.17, 15) is 9.50 Å². The molecule has 3 nitrogen and oxygen atoms in total. The molecule has 0 heterocycles. The summed E-state index contributed by atoms with van der Waals surface area (Å²) < 4.78 is 13.1. The zero-order valence-electron chi connectivity index (χ0n) is 7.00. The van der Waals surface area contributed by atoms with Gasteiger partial charge in [-0.25, -0.2) is 4.39 Å². The number of nitrogens with two attached hydrogens (primary N) is 2. The number of anilines is 1. The van der Waals surface area contributed by atoms with Crippen molar-refractivity contribution in [1.29, 1.82) is 0 Å². The molecule has 0 spiro atoms. The molecule has 4 heteroatoms. The van der Waals surface area contributed by atoms with Crippen molar-refractivity contribution in [2.75, 3.05) is 5.73 Å². The molecule has 1 atom stereocenters. The minimum atomic E-state index is -0.747. The van der Waals surface area contributed by atoms with Crippen LogP contribution >= 0.6 is 0 Å². The lowest BCUT2D eigenvalue weighted by Crippen LogP contribution is -2.09. The molecular weight excluding hydrogens is 171 g/mol. The zero-order chi connectivity index (χ0) is 10.0. The summed E-state index contributed by atoms with van der Waals surface area (Å²) in [5, 5.41) is 9.39. The van der Waals surface area contributed by atoms with E-state index in [1.54, 1.807) is 0 Å². The fraction of sp³-hybridized carbons (Fsp3) is 0.111. The maximum atomic E-state index is 13.1. The molecule has 1 aromatic rings. The Bertz CT molecular complexity index is 339. The third kappa shape index (κ3) is 1.62. The maximum absolute atomic E-state index is 13.1. The van der Waals surface area contributed by atoms with Gasteiger partial charge in [-0.05, 0) is 12.1 Å². The molecule has 0 saturated heterocycles. The Morgan fingerprint density at radius 3 is 2.69 bits per heavy atom. The molecule has 5 N–H and O–H groups in total. The van der Waals surface area contributed by atoms with Gasteiger partial charge in [0.1, 0.15) is 11.6 Å². The summed E-state index contributed by atoms with van der Waals surface area (Å²) >= 11 is 0. The molecule has 0 aromatic heterocycles. The largest absolute Gasteiger partial charge is 0.505 e. The van der Waals surface area contributed by atoms with Gasteiger partial charge in [-0.2, -0.15) is 0 Å². The van der Waals surface area contributed by atoms with Gasteiger partial charge in [0.15, 0.2) is 0 Å². The van der Waals surface area contributed by atoms with E-state index in [-0.39, 0.29) is 17.0 Å². The Morgan fingerprint density at radius 2 is 2.15 bits per heavy atom. The fourth-order valence-electron chi connectivity index (χ4n) is 1.04. The average molecular weight is 182 g/mol. The molecule has 1 rings (SSSR count). The summed E-state index contributed by atoms with van der Waals surface area (Å²) in [6, 6.07) is 1.70. The van der Waals surface area contributed by atoms with Crippen LogP contribution in [0.5, 0.6) is 5.75 Å². The summed E-state index contributed by atoms with van der Waals surface area (Å²) in [4.78, 5) is 0. The van der Waals surface area contributed by atoms with Crippen molar-refractivity contribution in [3.8, 4) is 5.75 Å². The van der Waals surface area contributed by atoms with Crippen LogP contribution in [0.15, 0.2) is 24.8 Å². The van der Waals surface area contributed by atoms with E-state index in [1.165, 1.54) is 12.1 Å². The number of benzene rings is 1. The number of hydrogen-bond acceptors (Lipinski definition) is 3. The SMILES string of the molecule is C=C[C@@H](N)c1c(F)ccc(N)c1O. The number of halogens is 1. The van der Waals surface area contributed by atoms with Crippen molar-refractivity contribution in [2.45, 2.75) is 6.04 Å². The predicted octanol–water partition coefficient (Wildman–Crippen LogP) is 1.30. The number of aromatic hydroxyl groups is 1. The highest BCUT2D eigenvalue weighted by Gasteiger charge is 2.15. The minimum Gasteiger partial charge on any atom is -0.505 e. The molecular formula is C9H11FN2O. The third-order valence-corrected chi connectivity index (χ3v) is 1.78. The molecule has 0 unspecified atom stereocenters. The Hall–Kier alpha value is -1.55. The normalized spacial score (nSPS) is 12.5. The lowest BCUT2D eigenvalue weighted by atomic mass is 10.0. The highest BCUT2D eigenvalue weighted by atomic mass is 19.1. The molecule has 0 aliphatic carbocycles. The van der Waals surface area contributed by atoms with Crippen molar-refractivity contribution < 1.29 is 9.50 Å². The second kappa shape index (κ2) is 3.45. The first-order valence-corrected chi connectivity index (χ1v) is 3.73. The molecule has 0 aliphatic rings. The second-order valence-electron chi connectivity index (χ2n) is 2.66. The van der Waals surface area contributed by atoms with Gasteiger partial charge in [0.05, 0.1) is 17.3 Å². The van der Waals surface area contributed by atoms with Crippen LogP contribution in [0.1, 0.15) is 11.6 Å². The van der Waals surface area contributed by atoms with Crippen molar-refractivity contribution in [1.82, 2.24) is 0 Å². The lowest BCUT2D eigenvalue weighted by molar-refractivity contribution is 0.458. The maximum Gasteiger partial charge on any atom is 0.146 e. The van der Waals surface area contributed by atoms with Crippen LogP contribution < -0.4 is 11.5 Å². The molecule has 0 saturated carbocycles. The van der Waals surface area contributed by atoms with E-state index >= 15 is 0 Å². The summed E-state index contributed by atoms with van der Waals surface area (Å²) in [7, 11) is 0. The molecule has 0 radical (unpaired) electrons. The molecule has 0 bridgehead atoms. The number of phenolic OH excluding ortho intramolecular Hbond substituents is 1. The van der Waals surface area contributed by atoms with Gasteiger partial charge in [0.2, 0.25) is 0 Å². The average Bonchev–Trinajstić information content (AvgIpc) is 2.12. The summed E-state index contributed by atoms with van der Waals surface area (Å²) in [6.07, 6.45) is 1.33. The van der Waals surface area contributed by atoms with E-state index in [0.29, 0.717) is 0 Å². The van der Waals surface area contributed by atoms with Crippen LogP contribution in [0.3, 0.4) is 0 Å². The lowest BCUT2D eigenvalue weighted by Gasteiger charge is -2.11. The van der Waals surface area contributed by atoms with Crippen molar-refractivity contribution in [2.24, 2.45) is 5.73 Å². The number of phenols is 1. The highest BCUT2D eigenvalue weighted by Crippen LogP contribution is 2.31. The molecule has 0 fully saturated rings. The smallest absolute Gasteiger partial charge is 0.146 e. The molecule has 13 heavy (non-hydrogen) atoms. The van der Waals surface area contributed by atoms with E-state index < -0.39 is 11.9 Å². The molecule has 0 aliphatic heterocycles. The summed E-state index contributed by atoms with van der Waals surface area (Å²) in [5.41, 5.74) is 11.0. The van der Waals surface area contributed by atoms with Crippen molar-refractivity contribution in [3.05, 3.63) is 36.2 Å². The Balaban J connectivity index is 3.32. The van der Waals surface area contributed by atoms with E-state index in [0.717, 1.165) is 6.07 Å². The second-order valence-corrected chi connectivity index (χ2v) is 2.66. The van der Waals surface area contributed by atoms with Crippen LogP contribution in [0.2, 0.25) is 0 Å². The van der Waals surface area contributed by atoms with Crippen LogP contribution in [0, 0.1) is 5.82 Å². The van der Waals surface area contributed by atoms with Crippen molar-refractivity contribution >= 4 is 5.69 Å². The van der Waals surface area contributed by atoms with E-state index in [1.807, 2.05) is 0 Å². The minimum absolute atomic E-state index is 0.0185. The first kappa shape index (κ1) is 9.54. The zero-order valence-corrected chi connectivity index (χ0v) is 7.00. The molecule has 70 valence electrons. The van der Waals surface area contributed by atoms with Gasteiger partial charge in [0, 0.05) is 0 Å². The first-order chi connectivity index (χ1) is 6.07. The summed E-state index contributed by atoms with van der Waals surface area (Å²) in [5.74, 6) is -0.897. The van der Waals surface area contributed by atoms with Crippen LogP contribution in [-0.4, -0.2) is 5.11 Å². The van der Waals surface area contributed by atoms with Gasteiger partial charge < -0.3 is 16.6 Å². The van der Waals surface area contributed by atoms with Crippen LogP contribution in [0.25, 0.3) is 0 Å². The summed E-state index contributed by atoms with van der Waals surface area (Å²) in [6.45, 7) is 3.41. The Kier molecular flexibility index (Phi) is 2.53. The Morgan fingerprint density at radius 1 is 1.54 bits per heavy atom. The van der Waals surface area contributed by atoms with Gasteiger partial charge >= 0.3 is 0 Å². The Labute approximate surface area is 75.5 Å². The van der Waals surface area contributed by atoms with E-state index in [2.05, 4.69) is 6.58 Å². The fourth-order valence-corrected chi connectivity index (χ4v) is 1.04. The van der Waals surface area contributed by atoms with Crippen LogP contribution in [-0.2, 0) is 0 Å². The van der Waals surface area contributed by atoms with Crippen LogP contribution in [0.4, 0.5) is 10.1 Å². The molecule has 1 aromatic carbocycles. The quantitative estimate of drug-likeness (QED) is 0.366. The van der Waals surface area contributed by atoms with Gasteiger partial charge in [-0.3, -0.25) is 0 Å². The standard InChI is InChI=1S/C9H11FN2O/c1-2-6(11)8-5(10)3-4-7(12)9(8)13/h2-4,6,13H,1,11-12H2/t6-/m1/s1. The first-order valence-electron chi connectivity index (χ1n) is 3.73. The number of nitrogen functional groups attached to an aromatic ring is 1. The topological polar surface area (TPSA) is 72.3 Å². The monoisotopic (exact) mass is 182 g/mol. The van der Waals surface area contributed by atoms with Gasteiger partial charge in [0.25, 0.3) is 0 Å². The molecule has 0 amide bonds. The highest BCUT2D eigenvalue weighted by molar-refractivity contribution is 5.57. The van der Waals surface area contributed by atoms with Crippen molar-refractivity contribution in [3.63, 3.8) is 0 Å². The number of hydrogen-bond donors (Lipinski definition) is 3. The van der Waals surface area contributed by atoms with E-state index in [4.69, 9.17) is 11.5 Å². The predicted molar refractivity (Wildman–Crippen MR) is 49.6 cm³/mol. The van der Waals surface area contributed by atoms with Gasteiger partial charge in [-0.15, -0.1) is 6.58 Å².